The zero-order valence-electron chi connectivity index (χ0n) is 13.6. The van der Waals surface area contributed by atoms with Crippen LogP contribution in [0.1, 0.15) is 17.2 Å². The summed E-state index contributed by atoms with van der Waals surface area (Å²) in [6, 6.07) is 9.30. The van der Waals surface area contributed by atoms with Crippen molar-refractivity contribution >= 4 is 5.97 Å². The molecule has 0 bridgehead atoms. The smallest absolute Gasteiger partial charge is 0.337 e. The van der Waals surface area contributed by atoms with Crippen LogP contribution in [0, 0.1) is 11.6 Å². The first kappa shape index (κ1) is 18.8. The summed E-state index contributed by atoms with van der Waals surface area (Å²) in [6.07, 6.45) is -1.12. The number of hydrogen-bond donors (Lipinski definition) is 1. The summed E-state index contributed by atoms with van der Waals surface area (Å²) in [7, 11) is 1.49. The number of carboxylic acids is 1. The summed E-state index contributed by atoms with van der Waals surface area (Å²) in [5, 5.41) is 9.23. The van der Waals surface area contributed by atoms with Gasteiger partial charge in [0.2, 0.25) is 0 Å². The molecule has 2 aromatic carbocycles. The fraction of sp³-hybridized carbons (Fsp3) is 0.278. The second-order valence-corrected chi connectivity index (χ2v) is 5.18. The first-order valence-electron chi connectivity index (χ1n) is 7.51. The molecule has 0 saturated carbocycles. The van der Waals surface area contributed by atoms with Gasteiger partial charge in [-0.3, -0.25) is 0 Å². The van der Waals surface area contributed by atoms with Gasteiger partial charge in [-0.2, -0.15) is 0 Å². The van der Waals surface area contributed by atoms with E-state index in [4.69, 9.17) is 14.2 Å². The Morgan fingerprint density at radius 3 is 2.48 bits per heavy atom. The topological polar surface area (TPSA) is 65.0 Å². The minimum Gasteiger partial charge on any atom is -0.489 e. The number of methoxy groups -OCH3 is 1. The van der Waals surface area contributed by atoms with E-state index in [0.717, 1.165) is 18.2 Å². The van der Waals surface area contributed by atoms with Crippen molar-refractivity contribution in [3.8, 4) is 5.75 Å². The van der Waals surface area contributed by atoms with Crippen LogP contribution in [0.5, 0.6) is 5.75 Å². The van der Waals surface area contributed by atoms with Crippen molar-refractivity contribution in [3.05, 3.63) is 65.2 Å². The van der Waals surface area contributed by atoms with Gasteiger partial charge in [0.1, 0.15) is 24.0 Å². The molecule has 0 amide bonds. The second-order valence-electron chi connectivity index (χ2n) is 5.18. The molecule has 1 atom stereocenters. The molecule has 0 fully saturated rings. The van der Waals surface area contributed by atoms with Gasteiger partial charge in [-0.15, -0.1) is 0 Å². The molecule has 2 aromatic rings. The van der Waals surface area contributed by atoms with E-state index in [0.29, 0.717) is 11.3 Å². The maximum Gasteiger partial charge on any atom is 0.337 e. The van der Waals surface area contributed by atoms with Gasteiger partial charge in [0.25, 0.3) is 0 Å². The predicted octanol–water partition coefficient (Wildman–Crippen LogP) is 3.33. The molecule has 0 aliphatic heterocycles. The van der Waals surface area contributed by atoms with Crippen LogP contribution in [0.3, 0.4) is 0 Å². The number of halogens is 2. The molecule has 1 N–H and O–H groups in total. The van der Waals surface area contributed by atoms with Crippen LogP contribution in [0.25, 0.3) is 0 Å². The molecule has 0 saturated heterocycles. The van der Waals surface area contributed by atoms with Gasteiger partial charge in [-0.25, -0.2) is 13.6 Å². The minimum atomic E-state index is -1.12. The van der Waals surface area contributed by atoms with Crippen molar-refractivity contribution in [1.82, 2.24) is 0 Å². The number of benzene rings is 2. The molecule has 2 rings (SSSR count). The molecule has 25 heavy (non-hydrogen) atoms. The van der Waals surface area contributed by atoms with E-state index < -0.39 is 23.7 Å². The SMILES string of the molecule is COCCOC(C(=O)O)c1ccc(OCc2cc(F)ccc2F)cc1. The molecule has 134 valence electrons. The Morgan fingerprint density at radius 1 is 1.12 bits per heavy atom. The molecule has 0 aliphatic rings. The Kier molecular flexibility index (Phi) is 6.85. The number of carbonyl (C=O) groups is 1. The number of rotatable bonds is 9. The highest BCUT2D eigenvalue weighted by Gasteiger charge is 2.20. The van der Waals surface area contributed by atoms with Gasteiger partial charge in [0.15, 0.2) is 6.10 Å². The summed E-state index contributed by atoms with van der Waals surface area (Å²) in [4.78, 5) is 11.3. The maximum absolute atomic E-state index is 13.5. The standard InChI is InChI=1S/C18H18F2O5/c1-23-8-9-24-17(18(21)22)12-2-5-15(6-3-12)25-11-13-10-14(19)4-7-16(13)20/h2-7,10,17H,8-9,11H2,1H3,(H,21,22). The lowest BCUT2D eigenvalue weighted by atomic mass is 10.1. The molecule has 0 radical (unpaired) electrons. The van der Waals surface area contributed by atoms with Crippen molar-refractivity contribution in [1.29, 1.82) is 0 Å². The first-order chi connectivity index (χ1) is 12.0. The largest absolute Gasteiger partial charge is 0.489 e. The van der Waals surface area contributed by atoms with Crippen molar-refractivity contribution in [2.24, 2.45) is 0 Å². The lowest BCUT2D eigenvalue weighted by Gasteiger charge is -2.14. The van der Waals surface area contributed by atoms with Crippen molar-refractivity contribution in [3.63, 3.8) is 0 Å². The van der Waals surface area contributed by atoms with Crippen LogP contribution in [-0.2, 0) is 20.9 Å². The second kappa shape index (κ2) is 9.10. The van der Waals surface area contributed by atoms with E-state index >= 15 is 0 Å². The molecule has 1 unspecified atom stereocenters. The van der Waals surface area contributed by atoms with E-state index in [1.54, 1.807) is 24.3 Å². The highest BCUT2D eigenvalue weighted by molar-refractivity contribution is 5.74. The highest BCUT2D eigenvalue weighted by atomic mass is 19.1. The summed E-state index contributed by atoms with van der Waals surface area (Å²) in [5.41, 5.74) is 0.531. The fourth-order valence-corrected chi connectivity index (χ4v) is 2.11. The fourth-order valence-electron chi connectivity index (χ4n) is 2.11. The lowest BCUT2D eigenvalue weighted by Crippen LogP contribution is -2.17. The summed E-state index contributed by atoms with van der Waals surface area (Å²) in [5.74, 6) is -1.83. The lowest BCUT2D eigenvalue weighted by molar-refractivity contribution is -0.151. The number of aliphatic carboxylic acids is 1. The van der Waals surface area contributed by atoms with Crippen LogP contribution >= 0.6 is 0 Å². The average molecular weight is 352 g/mol. The Hall–Kier alpha value is -2.51. The van der Waals surface area contributed by atoms with Crippen LogP contribution in [0.2, 0.25) is 0 Å². The van der Waals surface area contributed by atoms with Crippen LogP contribution in [0.15, 0.2) is 42.5 Å². The third kappa shape index (κ3) is 5.51. The number of ether oxygens (including phenoxy) is 3. The van der Waals surface area contributed by atoms with E-state index in [1.165, 1.54) is 7.11 Å². The normalized spacial score (nSPS) is 12.0. The van der Waals surface area contributed by atoms with Gasteiger partial charge >= 0.3 is 5.97 Å². The maximum atomic E-state index is 13.5. The monoisotopic (exact) mass is 352 g/mol. The first-order valence-corrected chi connectivity index (χ1v) is 7.51. The number of hydrogen-bond acceptors (Lipinski definition) is 4. The van der Waals surface area contributed by atoms with Crippen LogP contribution < -0.4 is 4.74 Å². The number of carboxylic acid groups (broad SMARTS) is 1. The van der Waals surface area contributed by atoms with Gasteiger partial charge in [0.05, 0.1) is 13.2 Å². The van der Waals surface area contributed by atoms with Crippen LogP contribution in [0.4, 0.5) is 8.78 Å². The average Bonchev–Trinajstić information content (AvgIpc) is 2.60. The van der Waals surface area contributed by atoms with Crippen molar-refractivity contribution in [2.45, 2.75) is 12.7 Å². The minimum absolute atomic E-state index is 0.0930. The van der Waals surface area contributed by atoms with Crippen molar-refractivity contribution < 1.29 is 32.9 Å². The van der Waals surface area contributed by atoms with E-state index in [1.807, 2.05) is 0 Å². The van der Waals surface area contributed by atoms with E-state index in [-0.39, 0.29) is 25.4 Å². The zero-order valence-corrected chi connectivity index (χ0v) is 13.6. The van der Waals surface area contributed by atoms with Gasteiger partial charge < -0.3 is 19.3 Å². The summed E-state index contributed by atoms with van der Waals surface area (Å²) in [6.45, 7) is 0.282. The summed E-state index contributed by atoms with van der Waals surface area (Å²) < 4.78 is 42.2. The third-order valence-electron chi connectivity index (χ3n) is 3.38. The molecule has 7 heteroatoms. The Morgan fingerprint density at radius 2 is 1.84 bits per heavy atom. The molecule has 0 spiro atoms. The predicted molar refractivity (Wildman–Crippen MR) is 85.3 cm³/mol. The molecular weight excluding hydrogens is 334 g/mol. The van der Waals surface area contributed by atoms with Gasteiger partial charge in [-0.05, 0) is 35.9 Å². The molecular formula is C18H18F2O5. The van der Waals surface area contributed by atoms with Crippen LogP contribution in [-0.4, -0.2) is 31.4 Å². The molecule has 5 nitrogen and oxygen atoms in total. The van der Waals surface area contributed by atoms with E-state index in [9.17, 15) is 18.7 Å². The van der Waals surface area contributed by atoms with Gasteiger partial charge in [0, 0.05) is 12.7 Å². The Labute approximate surface area is 143 Å². The Balaban J connectivity index is 2.00. The molecule has 0 heterocycles. The highest BCUT2D eigenvalue weighted by Crippen LogP contribution is 2.22. The molecule has 0 aliphatic carbocycles. The van der Waals surface area contributed by atoms with Crippen molar-refractivity contribution in [2.75, 3.05) is 20.3 Å². The Bertz CT molecular complexity index is 703. The zero-order chi connectivity index (χ0) is 18.2. The van der Waals surface area contributed by atoms with E-state index in [2.05, 4.69) is 0 Å². The quantitative estimate of drug-likeness (QED) is 0.701. The summed E-state index contributed by atoms with van der Waals surface area (Å²) >= 11 is 0. The molecule has 0 aromatic heterocycles. The third-order valence-corrected chi connectivity index (χ3v) is 3.38. The van der Waals surface area contributed by atoms with Gasteiger partial charge in [-0.1, -0.05) is 12.1 Å².